The van der Waals surface area contributed by atoms with E-state index < -0.39 is 0 Å². The molecule has 3 aromatic rings. The van der Waals surface area contributed by atoms with Crippen molar-refractivity contribution < 1.29 is 4.79 Å². The van der Waals surface area contributed by atoms with Gasteiger partial charge in [-0.3, -0.25) is 19.7 Å². The van der Waals surface area contributed by atoms with E-state index in [4.69, 9.17) is 0 Å². The van der Waals surface area contributed by atoms with E-state index >= 15 is 0 Å². The zero-order valence-corrected chi connectivity index (χ0v) is 10.9. The lowest BCUT2D eigenvalue weighted by atomic mass is 10.2. The Kier molecular flexibility index (Phi) is 3.09. The number of carbonyl (C=O) groups excluding carboxylic acids is 1. The van der Waals surface area contributed by atoms with Crippen molar-refractivity contribution in [2.24, 2.45) is 0 Å². The van der Waals surface area contributed by atoms with E-state index in [9.17, 15) is 4.79 Å². The second-order valence-electron chi connectivity index (χ2n) is 4.33. The molecule has 1 aromatic carbocycles. The van der Waals surface area contributed by atoms with Gasteiger partial charge in [-0.2, -0.15) is 0 Å². The maximum absolute atomic E-state index is 12.3. The smallest absolute Gasteiger partial charge is 0.258 e. The van der Waals surface area contributed by atoms with Gasteiger partial charge in [0.15, 0.2) is 0 Å². The van der Waals surface area contributed by atoms with Crippen molar-refractivity contribution in [3.8, 4) is 0 Å². The number of nitrogens with zero attached hydrogens (tertiary/aromatic N) is 4. The third-order valence-corrected chi connectivity index (χ3v) is 3.07. The highest BCUT2D eigenvalue weighted by Crippen LogP contribution is 2.19. The second-order valence-corrected chi connectivity index (χ2v) is 4.33. The Morgan fingerprint density at radius 1 is 0.950 bits per heavy atom. The van der Waals surface area contributed by atoms with Gasteiger partial charge in [-0.25, -0.2) is 0 Å². The number of fused-ring (bicyclic) bond motifs is 1. The van der Waals surface area contributed by atoms with Gasteiger partial charge in [-0.1, -0.05) is 0 Å². The molecule has 2 aromatic heterocycles. The Balaban J connectivity index is 1.96. The topological polar surface area (TPSA) is 59.0 Å². The molecule has 0 spiro atoms. The molecule has 0 bridgehead atoms. The van der Waals surface area contributed by atoms with Gasteiger partial charge in [0.05, 0.1) is 11.0 Å². The number of hydrogen-bond acceptors (Lipinski definition) is 4. The quantitative estimate of drug-likeness (QED) is 0.712. The Bertz CT molecular complexity index is 758. The van der Waals surface area contributed by atoms with Gasteiger partial charge in [-0.15, -0.1) is 0 Å². The predicted octanol–water partition coefficient (Wildman–Crippen LogP) is 2.30. The van der Waals surface area contributed by atoms with Crippen molar-refractivity contribution in [1.29, 1.82) is 0 Å². The van der Waals surface area contributed by atoms with Crippen LogP contribution in [-0.4, -0.2) is 27.9 Å². The summed E-state index contributed by atoms with van der Waals surface area (Å²) in [5.74, 6) is -0.0874. The van der Waals surface area contributed by atoms with Crippen LogP contribution in [0.15, 0.2) is 55.1 Å². The normalized spacial score (nSPS) is 10.4. The first-order chi connectivity index (χ1) is 9.75. The van der Waals surface area contributed by atoms with Crippen LogP contribution >= 0.6 is 0 Å². The maximum atomic E-state index is 12.3. The lowest BCUT2D eigenvalue weighted by Crippen LogP contribution is -2.26. The zero-order valence-electron chi connectivity index (χ0n) is 10.9. The Morgan fingerprint density at radius 3 is 2.40 bits per heavy atom. The SMILES string of the molecule is CN(C(=O)c1ccncc1)c1ccc2nccnc2c1. The number of rotatable bonds is 2. The van der Waals surface area contributed by atoms with Crippen LogP contribution in [0.5, 0.6) is 0 Å². The van der Waals surface area contributed by atoms with E-state index in [1.54, 1.807) is 48.9 Å². The molecule has 3 rings (SSSR count). The van der Waals surface area contributed by atoms with E-state index in [2.05, 4.69) is 15.0 Å². The third-order valence-electron chi connectivity index (χ3n) is 3.07. The molecule has 0 atom stereocenters. The van der Waals surface area contributed by atoms with Gasteiger partial charge in [0, 0.05) is 43.1 Å². The molecule has 1 amide bonds. The van der Waals surface area contributed by atoms with Crippen LogP contribution in [0.3, 0.4) is 0 Å². The summed E-state index contributed by atoms with van der Waals surface area (Å²) in [6, 6.07) is 8.95. The fourth-order valence-electron chi connectivity index (χ4n) is 1.97. The van der Waals surface area contributed by atoms with Crippen LogP contribution in [0.4, 0.5) is 5.69 Å². The molecule has 98 valence electrons. The van der Waals surface area contributed by atoms with Crippen LogP contribution in [0.25, 0.3) is 11.0 Å². The Hall–Kier alpha value is -2.82. The van der Waals surface area contributed by atoms with Gasteiger partial charge >= 0.3 is 0 Å². The minimum atomic E-state index is -0.0874. The van der Waals surface area contributed by atoms with Gasteiger partial charge in [-0.05, 0) is 30.3 Å². The molecule has 0 radical (unpaired) electrons. The molecule has 0 saturated carbocycles. The summed E-state index contributed by atoms with van der Waals surface area (Å²) < 4.78 is 0. The van der Waals surface area contributed by atoms with Gasteiger partial charge in [0.1, 0.15) is 0 Å². The van der Waals surface area contributed by atoms with Crippen molar-refractivity contribution >= 4 is 22.6 Å². The molecule has 0 aliphatic heterocycles. The molecule has 0 aliphatic rings. The summed E-state index contributed by atoms with van der Waals surface area (Å²) in [7, 11) is 1.74. The lowest BCUT2D eigenvalue weighted by molar-refractivity contribution is 0.0993. The Morgan fingerprint density at radius 2 is 1.65 bits per heavy atom. The van der Waals surface area contributed by atoms with Gasteiger partial charge < -0.3 is 4.90 Å². The first-order valence-electron chi connectivity index (χ1n) is 6.14. The van der Waals surface area contributed by atoms with E-state index in [1.807, 2.05) is 18.2 Å². The number of carbonyl (C=O) groups is 1. The van der Waals surface area contributed by atoms with E-state index in [0.717, 1.165) is 16.7 Å². The molecule has 5 nitrogen and oxygen atoms in total. The molecule has 2 heterocycles. The van der Waals surface area contributed by atoms with Crippen LogP contribution in [-0.2, 0) is 0 Å². The van der Waals surface area contributed by atoms with Crippen LogP contribution in [0.2, 0.25) is 0 Å². The van der Waals surface area contributed by atoms with Crippen LogP contribution in [0, 0.1) is 0 Å². The molecule has 0 saturated heterocycles. The van der Waals surface area contributed by atoms with E-state index in [1.165, 1.54) is 0 Å². The third kappa shape index (κ3) is 2.21. The average Bonchev–Trinajstić information content (AvgIpc) is 2.54. The van der Waals surface area contributed by atoms with Crippen molar-refractivity contribution in [2.45, 2.75) is 0 Å². The average molecular weight is 264 g/mol. The fraction of sp³-hybridized carbons (Fsp3) is 0.0667. The number of aromatic nitrogens is 3. The number of pyridine rings is 1. The fourth-order valence-corrected chi connectivity index (χ4v) is 1.97. The van der Waals surface area contributed by atoms with E-state index in [-0.39, 0.29) is 5.91 Å². The minimum absolute atomic E-state index is 0.0874. The molecule has 0 N–H and O–H groups in total. The highest BCUT2D eigenvalue weighted by Gasteiger charge is 2.13. The number of hydrogen-bond donors (Lipinski definition) is 0. The van der Waals surface area contributed by atoms with Crippen molar-refractivity contribution in [1.82, 2.24) is 15.0 Å². The molecule has 20 heavy (non-hydrogen) atoms. The summed E-state index contributed by atoms with van der Waals surface area (Å²) in [5, 5.41) is 0. The van der Waals surface area contributed by atoms with Crippen molar-refractivity contribution in [3.63, 3.8) is 0 Å². The van der Waals surface area contributed by atoms with E-state index in [0.29, 0.717) is 5.56 Å². The predicted molar refractivity (Wildman–Crippen MR) is 76.5 cm³/mol. The van der Waals surface area contributed by atoms with Crippen molar-refractivity contribution in [2.75, 3.05) is 11.9 Å². The Labute approximate surface area is 115 Å². The molecule has 0 unspecified atom stereocenters. The van der Waals surface area contributed by atoms with Crippen molar-refractivity contribution in [3.05, 3.63) is 60.7 Å². The minimum Gasteiger partial charge on any atom is -0.311 e. The van der Waals surface area contributed by atoms with Crippen LogP contribution in [0.1, 0.15) is 10.4 Å². The molecule has 5 heteroatoms. The lowest BCUT2D eigenvalue weighted by Gasteiger charge is -2.17. The molecule has 0 fully saturated rings. The first kappa shape index (κ1) is 12.2. The zero-order chi connectivity index (χ0) is 13.9. The summed E-state index contributed by atoms with van der Waals surface area (Å²) >= 11 is 0. The monoisotopic (exact) mass is 264 g/mol. The summed E-state index contributed by atoms with van der Waals surface area (Å²) in [5.41, 5.74) is 2.95. The largest absolute Gasteiger partial charge is 0.311 e. The van der Waals surface area contributed by atoms with Crippen LogP contribution < -0.4 is 4.90 Å². The molecular weight excluding hydrogens is 252 g/mol. The first-order valence-corrected chi connectivity index (χ1v) is 6.14. The number of amides is 1. The molecular formula is C15H12N4O. The molecule has 0 aliphatic carbocycles. The highest BCUT2D eigenvalue weighted by molar-refractivity contribution is 6.06. The number of anilines is 1. The number of benzene rings is 1. The van der Waals surface area contributed by atoms with Gasteiger partial charge in [0.2, 0.25) is 0 Å². The van der Waals surface area contributed by atoms with Gasteiger partial charge in [0.25, 0.3) is 5.91 Å². The standard InChI is InChI=1S/C15H12N4O/c1-19(15(20)11-4-6-16-7-5-11)12-2-3-13-14(10-12)18-9-8-17-13/h2-10H,1H3. The maximum Gasteiger partial charge on any atom is 0.258 e. The summed E-state index contributed by atoms with van der Waals surface area (Å²) in [4.78, 5) is 26.3. The highest BCUT2D eigenvalue weighted by atomic mass is 16.2. The summed E-state index contributed by atoms with van der Waals surface area (Å²) in [6.07, 6.45) is 6.49. The summed E-state index contributed by atoms with van der Waals surface area (Å²) in [6.45, 7) is 0. The second kappa shape index (κ2) is 5.05.